The highest BCUT2D eigenvalue weighted by Crippen LogP contribution is 2.68. The maximum atomic E-state index is 13.1. The van der Waals surface area contributed by atoms with Gasteiger partial charge in [-0.2, -0.15) is 21.6 Å². The minimum Gasteiger partial charge on any atom is -0.249 e. The van der Waals surface area contributed by atoms with E-state index in [4.69, 9.17) is 0 Å². The smallest absolute Gasteiger partial charge is 0.249 e. The number of hydrogen-bond donors (Lipinski definition) is 0. The topological polar surface area (TPSA) is 81.1 Å². The molecule has 0 unspecified atom stereocenters. The summed E-state index contributed by atoms with van der Waals surface area (Å²) in [5.74, 6) is 0. The van der Waals surface area contributed by atoms with Crippen LogP contribution in [0.15, 0.2) is 106 Å². The Kier molecular flexibility index (Phi) is 6.01. The van der Waals surface area contributed by atoms with E-state index in [0.717, 1.165) is 0 Å². The van der Waals surface area contributed by atoms with Crippen LogP contribution in [0.3, 0.4) is 0 Å². The van der Waals surface area contributed by atoms with Crippen LogP contribution in [-0.4, -0.2) is 26.0 Å². The molecule has 0 saturated heterocycles. The number of halogens is 3. The lowest BCUT2D eigenvalue weighted by molar-refractivity contribution is -0.0415. The fourth-order valence-electron chi connectivity index (χ4n) is 2.69. The SMILES string of the molecule is O=S(=O)([OH+]S(c1ccccc1)(c1ccccc1)c1ccccc1)S(=O)(=O)C(F)(F)F. The molecule has 1 N–H and O–H groups in total. The predicted molar refractivity (Wildman–Crippen MR) is 108 cm³/mol. The molecule has 0 radical (unpaired) electrons. The summed E-state index contributed by atoms with van der Waals surface area (Å²) in [6, 6.07) is 23.4. The predicted octanol–water partition coefficient (Wildman–Crippen LogP) is 5.16. The zero-order valence-corrected chi connectivity index (χ0v) is 17.5. The van der Waals surface area contributed by atoms with E-state index in [1.165, 1.54) is 36.4 Å². The molecule has 0 bridgehead atoms. The van der Waals surface area contributed by atoms with Gasteiger partial charge in [0.25, 0.3) is 0 Å². The van der Waals surface area contributed by atoms with Crippen LogP contribution in [0.1, 0.15) is 0 Å². The maximum absolute atomic E-state index is 13.1. The molecule has 11 heteroatoms. The number of rotatable bonds is 6. The zero-order chi connectivity index (χ0) is 22.0. The van der Waals surface area contributed by atoms with E-state index in [2.05, 4.69) is 3.63 Å². The minimum absolute atomic E-state index is 0.267. The molecule has 3 rings (SSSR count). The van der Waals surface area contributed by atoms with Crippen molar-refractivity contribution in [3.8, 4) is 0 Å². The first-order valence-electron chi connectivity index (χ1n) is 8.31. The van der Waals surface area contributed by atoms with Crippen molar-refractivity contribution in [2.75, 3.05) is 0 Å². The van der Waals surface area contributed by atoms with Crippen molar-refractivity contribution < 1.29 is 33.6 Å². The normalized spacial score (nSPS) is 13.7. The van der Waals surface area contributed by atoms with E-state index in [1.54, 1.807) is 54.6 Å². The van der Waals surface area contributed by atoms with Crippen molar-refractivity contribution in [2.24, 2.45) is 0 Å². The van der Waals surface area contributed by atoms with Gasteiger partial charge in [0, 0.05) is 0 Å². The van der Waals surface area contributed by atoms with Crippen molar-refractivity contribution in [2.45, 2.75) is 20.2 Å². The summed E-state index contributed by atoms with van der Waals surface area (Å²) in [7, 11) is -15.9. The van der Waals surface area contributed by atoms with Gasteiger partial charge in [0.2, 0.25) is 0 Å². The summed E-state index contributed by atoms with van der Waals surface area (Å²) < 4.78 is 91.7. The fraction of sp³-hybridized carbons (Fsp3) is 0.0526. The van der Waals surface area contributed by atoms with Gasteiger partial charge in [0.15, 0.2) is 0 Å². The third kappa shape index (κ3) is 3.85. The molecular weight excluding hydrogens is 461 g/mol. The van der Waals surface area contributed by atoms with Gasteiger partial charge in [-0.05, 0) is 36.4 Å². The molecule has 0 aromatic heterocycles. The molecule has 0 aliphatic rings. The Bertz CT molecular complexity index is 1120. The molecule has 5 nitrogen and oxygen atoms in total. The molecule has 0 heterocycles. The lowest BCUT2D eigenvalue weighted by atomic mass is 10.4. The van der Waals surface area contributed by atoms with Crippen LogP contribution in [0, 0.1) is 0 Å². The molecular formula is C19H16F3O5S3+. The largest absolute Gasteiger partial charge is 0.519 e. The van der Waals surface area contributed by atoms with E-state index in [9.17, 15) is 30.0 Å². The standard InChI is InChI=1S/C19H15F3O5S3/c20-19(21,22)29(23,24)30(25,26)27-28(16-10-4-1-5-11-16,17-12-6-2-7-13-17)18-14-8-3-9-15-18/h1-15H/p+1. The van der Waals surface area contributed by atoms with E-state index >= 15 is 0 Å². The van der Waals surface area contributed by atoms with Gasteiger partial charge in [-0.1, -0.05) is 54.6 Å². The molecule has 0 atom stereocenters. The molecule has 0 saturated carbocycles. The Morgan fingerprint density at radius 3 is 1.13 bits per heavy atom. The van der Waals surface area contributed by atoms with Gasteiger partial charge in [0.1, 0.15) is 0 Å². The second kappa shape index (κ2) is 8.06. The maximum Gasteiger partial charge on any atom is 0.519 e. The third-order valence-electron chi connectivity index (χ3n) is 4.02. The highest BCUT2D eigenvalue weighted by Gasteiger charge is 2.62. The molecule has 0 aliphatic heterocycles. The molecule has 3 aromatic rings. The average molecular weight is 478 g/mol. The van der Waals surface area contributed by atoms with Gasteiger partial charge in [-0.15, -0.1) is 8.42 Å². The Hall–Kier alpha value is -2.34. The van der Waals surface area contributed by atoms with Crippen molar-refractivity contribution in [3.05, 3.63) is 91.0 Å². The van der Waals surface area contributed by atoms with Gasteiger partial charge >= 0.3 is 23.5 Å². The summed E-state index contributed by atoms with van der Waals surface area (Å²) in [5, 5.41) is 0. The molecule has 0 aliphatic carbocycles. The summed E-state index contributed by atoms with van der Waals surface area (Å²) in [6.07, 6.45) is 0. The third-order valence-corrected chi connectivity index (χ3v) is 12.4. The molecule has 160 valence electrons. The molecule has 0 fully saturated rings. The molecule has 0 spiro atoms. The summed E-state index contributed by atoms with van der Waals surface area (Å²) >= 11 is 0. The Balaban J connectivity index is 2.39. The monoisotopic (exact) mass is 477 g/mol. The first-order chi connectivity index (χ1) is 14.0. The first kappa shape index (κ1) is 22.3. The second-order valence-electron chi connectivity index (χ2n) is 5.92. The van der Waals surface area contributed by atoms with Crippen molar-refractivity contribution >= 4 is 28.3 Å². The quantitative estimate of drug-likeness (QED) is 0.279. The van der Waals surface area contributed by atoms with E-state index in [0.29, 0.717) is 0 Å². The summed E-state index contributed by atoms with van der Waals surface area (Å²) in [5.41, 5.74) is -6.01. The van der Waals surface area contributed by atoms with Crippen molar-refractivity contribution in [1.82, 2.24) is 0 Å². The number of benzene rings is 3. The van der Waals surface area contributed by atoms with Crippen molar-refractivity contribution in [3.63, 3.8) is 0 Å². The van der Waals surface area contributed by atoms with Crippen LogP contribution in [0.4, 0.5) is 13.2 Å². The molecule has 30 heavy (non-hydrogen) atoms. The Morgan fingerprint density at radius 2 is 0.867 bits per heavy atom. The van der Waals surface area contributed by atoms with Crippen LogP contribution >= 0.6 is 10.3 Å². The van der Waals surface area contributed by atoms with Gasteiger partial charge in [-0.3, -0.25) is 0 Å². The highest BCUT2D eigenvalue weighted by molar-refractivity contribution is 8.67. The first-order valence-corrected chi connectivity index (χ1v) is 13.3. The highest BCUT2D eigenvalue weighted by atomic mass is 33.2. The van der Waals surface area contributed by atoms with Gasteiger partial charge in [0.05, 0.1) is 25.0 Å². The van der Waals surface area contributed by atoms with Crippen molar-refractivity contribution in [1.29, 1.82) is 0 Å². The number of alkyl halides is 3. The fourth-order valence-corrected chi connectivity index (χ4v) is 10.1. The van der Waals surface area contributed by atoms with E-state index in [1.807, 2.05) is 0 Å². The van der Waals surface area contributed by atoms with E-state index < -0.39 is 33.8 Å². The number of hydrogen-bond acceptors (Lipinski definition) is 4. The Morgan fingerprint density at radius 1 is 0.567 bits per heavy atom. The summed E-state index contributed by atoms with van der Waals surface area (Å²) in [4.78, 5) is 0.801. The zero-order valence-electron chi connectivity index (χ0n) is 15.1. The minimum atomic E-state index is -6.61. The second-order valence-corrected chi connectivity index (χ2v) is 13.9. The lowest BCUT2D eigenvalue weighted by Crippen LogP contribution is -2.34. The molecule has 3 aromatic carbocycles. The van der Waals surface area contributed by atoms with Gasteiger partial charge in [-0.25, -0.2) is 3.63 Å². The lowest BCUT2D eigenvalue weighted by Gasteiger charge is -2.34. The van der Waals surface area contributed by atoms with E-state index in [-0.39, 0.29) is 14.7 Å². The van der Waals surface area contributed by atoms with Crippen LogP contribution < -0.4 is 0 Å². The van der Waals surface area contributed by atoms with Gasteiger partial charge < -0.3 is 0 Å². The van der Waals surface area contributed by atoms with Crippen LogP contribution in [0.5, 0.6) is 0 Å². The summed E-state index contributed by atoms with van der Waals surface area (Å²) in [6.45, 7) is 0. The van der Waals surface area contributed by atoms with Crippen LogP contribution in [0.2, 0.25) is 0 Å². The van der Waals surface area contributed by atoms with Crippen LogP contribution in [0.25, 0.3) is 0 Å². The average Bonchev–Trinajstić information content (AvgIpc) is 2.73. The van der Waals surface area contributed by atoms with Crippen LogP contribution in [-0.2, 0) is 18.0 Å². The molecule has 0 amide bonds. The Labute approximate surface area is 173 Å².